The monoisotopic (exact) mass is 351 g/mol. The summed E-state index contributed by atoms with van der Waals surface area (Å²) in [7, 11) is 1.30. The minimum atomic E-state index is -0.686. The molecule has 0 aliphatic carbocycles. The van der Waals surface area contributed by atoms with Crippen molar-refractivity contribution in [1.29, 1.82) is 0 Å². The van der Waals surface area contributed by atoms with E-state index in [0.29, 0.717) is 29.9 Å². The van der Waals surface area contributed by atoms with E-state index >= 15 is 0 Å². The number of fused-ring (bicyclic) bond motifs is 1. The molecule has 0 aromatic heterocycles. The van der Waals surface area contributed by atoms with Gasteiger partial charge in [-0.15, -0.1) is 0 Å². The lowest BCUT2D eigenvalue weighted by molar-refractivity contribution is -0.144. The first-order chi connectivity index (χ1) is 11.6. The number of ether oxygens (including phenoxy) is 2. The van der Waals surface area contributed by atoms with E-state index in [0.717, 1.165) is 5.56 Å². The number of carbonyl (C=O) groups is 3. The number of benzene rings is 1. The molecule has 1 aliphatic rings. The third kappa shape index (κ3) is 5.26. The number of hydrogen-bond donors (Lipinski definition) is 1. The molecule has 1 N–H and O–H groups in total. The standard InChI is InChI=1S/C17H21NO5S/c1-22-17(21)14-11-24-10-12-6-2-3-7-13(12)16(20)23-9-5-4-8-15(19)18-14/h2-3,6-7,14H,4-5,8-11H2,1H3,(H,18,19). The number of rotatable bonds is 1. The third-order valence-electron chi connectivity index (χ3n) is 3.63. The molecular formula is C17H21NO5S. The minimum absolute atomic E-state index is 0.199. The van der Waals surface area contributed by atoms with Gasteiger partial charge in [0.25, 0.3) is 0 Å². The van der Waals surface area contributed by atoms with E-state index in [4.69, 9.17) is 9.47 Å². The van der Waals surface area contributed by atoms with E-state index in [9.17, 15) is 14.4 Å². The van der Waals surface area contributed by atoms with Gasteiger partial charge < -0.3 is 14.8 Å². The average molecular weight is 351 g/mol. The van der Waals surface area contributed by atoms with Gasteiger partial charge in [0.1, 0.15) is 6.04 Å². The second-order valence-electron chi connectivity index (χ2n) is 5.41. The van der Waals surface area contributed by atoms with Crippen molar-refractivity contribution in [3.05, 3.63) is 35.4 Å². The largest absolute Gasteiger partial charge is 0.467 e. The van der Waals surface area contributed by atoms with Crippen LogP contribution >= 0.6 is 11.8 Å². The van der Waals surface area contributed by atoms with E-state index < -0.39 is 12.0 Å². The molecule has 1 atom stereocenters. The van der Waals surface area contributed by atoms with Crippen molar-refractivity contribution in [2.45, 2.75) is 31.1 Å². The molecule has 1 amide bonds. The number of cyclic esters (lactones) is 1. The molecule has 1 aromatic rings. The van der Waals surface area contributed by atoms with Crippen molar-refractivity contribution in [2.24, 2.45) is 0 Å². The Hall–Kier alpha value is -2.02. The van der Waals surface area contributed by atoms with Crippen molar-refractivity contribution < 1.29 is 23.9 Å². The average Bonchev–Trinajstić information content (AvgIpc) is 2.59. The number of carbonyl (C=O) groups excluding carboxylic acids is 3. The number of methoxy groups -OCH3 is 1. The highest BCUT2D eigenvalue weighted by Gasteiger charge is 2.22. The zero-order valence-corrected chi connectivity index (χ0v) is 14.4. The van der Waals surface area contributed by atoms with Crippen LogP contribution in [0, 0.1) is 0 Å². The molecule has 24 heavy (non-hydrogen) atoms. The molecule has 2 rings (SSSR count). The summed E-state index contributed by atoms with van der Waals surface area (Å²) < 4.78 is 10.0. The van der Waals surface area contributed by atoms with Gasteiger partial charge in [0.2, 0.25) is 5.91 Å². The summed E-state index contributed by atoms with van der Waals surface area (Å²) in [5, 5.41) is 2.71. The summed E-state index contributed by atoms with van der Waals surface area (Å²) >= 11 is 1.45. The normalized spacial score (nSPS) is 20.1. The number of esters is 2. The molecule has 0 radical (unpaired) electrons. The van der Waals surface area contributed by atoms with E-state index in [2.05, 4.69) is 5.32 Å². The van der Waals surface area contributed by atoms with Crippen LogP contribution in [0.15, 0.2) is 24.3 Å². The van der Waals surface area contributed by atoms with Gasteiger partial charge in [-0.2, -0.15) is 11.8 Å². The van der Waals surface area contributed by atoms with Crippen LogP contribution in [0.4, 0.5) is 0 Å². The highest BCUT2D eigenvalue weighted by atomic mass is 32.2. The van der Waals surface area contributed by atoms with Gasteiger partial charge in [0.05, 0.1) is 19.3 Å². The number of nitrogens with one attached hydrogen (secondary N) is 1. The molecule has 1 aliphatic heterocycles. The summed E-state index contributed by atoms with van der Waals surface area (Å²) in [5.41, 5.74) is 1.39. The molecular weight excluding hydrogens is 330 g/mol. The first-order valence-corrected chi connectivity index (χ1v) is 8.97. The lowest BCUT2D eigenvalue weighted by Gasteiger charge is -2.17. The molecule has 1 aromatic carbocycles. The highest BCUT2D eigenvalue weighted by Crippen LogP contribution is 2.19. The van der Waals surface area contributed by atoms with E-state index in [1.807, 2.05) is 12.1 Å². The van der Waals surface area contributed by atoms with Gasteiger partial charge in [0.15, 0.2) is 0 Å². The molecule has 0 bridgehead atoms. The van der Waals surface area contributed by atoms with Crippen LogP contribution in [0.1, 0.15) is 35.2 Å². The Bertz CT molecular complexity index is 604. The predicted molar refractivity (Wildman–Crippen MR) is 90.7 cm³/mol. The van der Waals surface area contributed by atoms with Gasteiger partial charge >= 0.3 is 11.9 Å². The van der Waals surface area contributed by atoms with Crippen molar-refractivity contribution in [3.8, 4) is 0 Å². The molecule has 1 heterocycles. The highest BCUT2D eigenvalue weighted by molar-refractivity contribution is 7.98. The summed E-state index contributed by atoms with van der Waals surface area (Å²) in [6.07, 6.45) is 1.47. The molecule has 0 fully saturated rings. The van der Waals surface area contributed by atoms with Gasteiger partial charge in [0, 0.05) is 17.9 Å². The maximum atomic E-state index is 12.2. The van der Waals surface area contributed by atoms with Crippen LogP contribution in [0.25, 0.3) is 0 Å². The zero-order chi connectivity index (χ0) is 17.4. The number of hydrogen-bond acceptors (Lipinski definition) is 6. The zero-order valence-electron chi connectivity index (χ0n) is 13.6. The Morgan fingerprint density at radius 2 is 2.08 bits per heavy atom. The third-order valence-corrected chi connectivity index (χ3v) is 4.72. The minimum Gasteiger partial charge on any atom is -0.467 e. The van der Waals surface area contributed by atoms with Crippen molar-refractivity contribution in [2.75, 3.05) is 19.5 Å². The van der Waals surface area contributed by atoms with Crippen LogP contribution in [-0.4, -0.2) is 43.4 Å². The Morgan fingerprint density at radius 1 is 1.29 bits per heavy atom. The lowest BCUT2D eigenvalue weighted by Crippen LogP contribution is -2.43. The summed E-state index contributed by atoms with van der Waals surface area (Å²) in [5.74, 6) is -0.0983. The fourth-order valence-corrected chi connectivity index (χ4v) is 3.38. The molecule has 1 unspecified atom stereocenters. The Morgan fingerprint density at radius 3 is 2.88 bits per heavy atom. The summed E-state index contributed by atoms with van der Waals surface area (Å²) in [6, 6.07) is 6.57. The van der Waals surface area contributed by atoms with E-state index in [1.165, 1.54) is 18.9 Å². The van der Waals surface area contributed by atoms with Crippen LogP contribution in [-0.2, 0) is 24.8 Å². The topological polar surface area (TPSA) is 81.7 Å². The molecule has 130 valence electrons. The maximum Gasteiger partial charge on any atom is 0.338 e. The summed E-state index contributed by atoms with van der Waals surface area (Å²) in [4.78, 5) is 35.9. The van der Waals surface area contributed by atoms with Crippen molar-refractivity contribution in [1.82, 2.24) is 5.32 Å². The first kappa shape index (κ1) is 18.3. The Balaban J connectivity index is 2.14. The van der Waals surface area contributed by atoms with Crippen LogP contribution in [0.5, 0.6) is 0 Å². The second-order valence-corrected chi connectivity index (χ2v) is 6.44. The van der Waals surface area contributed by atoms with Crippen LogP contribution in [0.3, 0.4) is 0 Å². The van der Waals surface area contributed by atoms with E-state index in [1.54, 1.807) is 12.1 Å². The quantitative estimate of drug-likeness (QED) is 0.779. The second kappa shape index (κ2) is 9.32. The van der Waals surface area contributed by atoms with Gasteiger partial charge in [-0.25, -0.2) is 9.59 Å². The molecule has 0 spiro atoms. The van der Waals surface area contributed by atoms with Gasteiger partial charge in [-0.3, -0.25) is 4.79 Å². The molecule has 0 saturated heterocycles. The van der Waals surface area contributed by atoms with Crippen LogP contribution < -0.4 is 5.32 Å². The molecule has 6 nitrogen and oxygen atoms in total. The smallest absolute Gasteiger partial charge is 0.338 e. The number of amides is 1. The van der Waals surface area contributed by atoms with Crippen molar-refractivity contribution in [3.63, 3.8) is 0 Å². The Kier molecular flexibility index (Phi) is 7.11. The summed E-state index contributed by atoms with van der Waals surface area (Å²) in [6.45, 7) is 0.272. The Labute approximate surface area is 145 Å². The number of thioether (sulfide) groups is 1. The van der Waals surface area contributed by atoms with Crippen molar-refractivity contribution >= 4 is 29.6 Å². The van der Waals surface area contributed by atoms with Crippen LogP contribution in [0.2, 0.25) is 0 Å². The van der Waals surface area contributed by atoms with E-state index in [-0.39, 0.29) is 24.9 Å². The van der Waals surface area contributed by atoms with Gasteiger partial charge in [-0.1, -0.05) is 18.2 Å². The predicted octanol–water partition coefficient (Wildman–Crippen LogP) is 1.92. The first-order valence-electron chi connectivity index (χ1n) is 7.81. The van der Waals surface area contributed by atoms with Gasteiger partial charge in [-0.05, 0) is 24.5 Å². The fourth-order valence-electron chi connectivity index (χ4n) is 2.34. The fraction of sp³-hybridized carbons (Fsp3) is 0.471. The lowest BCUT2D eigenvalue weighted by atomic mass is 10.1. The SMILES string of the molecule is COC(=O)C1CSCc2ccccc2C(=O)OCCCCC(=O)N1. The molecule has 0 saturated carbocycles. The molecule has 7 heteroatoms. The maximum absolute atomic E-state index is 12.2.